The van der Waals surface area contributed by atoms with Gasteiger partial charge in [-0.1, -0.05) is 0 Å². The monoisotopic (exact) mass is 369 g/mol. The molecule has 1 aromatic carbocycles. The van der Waals surface area contributed by atoms with Crippen molar-refractivity contribution in [1.29, 1.82) is 0 Å². The summed E-state index contributed by atoms with van der Waals surface area (Å²) in [5.41, 5.74) is 1.51. The highest BCUT2D eigenvalue weighted by Crippen LogP contribution is 2.17. The number of aryl methyl sites for hydroxylation is 1. The minimum atomic E-state index is -3.83. The highest BCUT2D eigenvalue weighted by Gasteiger charge is 2.16. The standard InChI is InChI=1S/C17H15N5O3S/c1-12-8-10-19-17(20-12)22-26(24,25)15-6-4-14(5-7-15)21-16(23)13-3-2-9-18-11-13/h2-11H,1H3,(H,21,23)(H,19,20,22). The molecule has 0 fully saturated rings. The molecule has 0 spiro atoms. The quantitative estimate of drug-likeness (QED) is 0.713. The van der Waals surface area contributed by atoms with Crippen molar-refractivity contribution in [3.8, 4) is 0 Å². The number of amides is 1. The summed E-state index contributed by atoms with van der Waals surface area (Å²) in [5.74, 6) is -0.334. The third-order valence-electron chi connectivity index (χ3n) is 3.37. The van der Waals surface area contributed by atoms with Crippen LogP contribution in [0, 0.1) is 6.92 Å². The van der Waals surface area contributed by atoms with Gasteiger partial charge in [0.15, 0.2) is 0 Å². The molecule has 1 amide bonds. The van der Waals surface area contributed by atoms with Crippen molar-refractivity contribution in [1.82, 2.24) is 15.0 Å². The summed E-state index contributed by atoms with van der Waals surface area (Å²) in [5, 5.41) is 2.68. The van der Waals surface area contributed by atoms with Gasteiger partial charge in [0.25, 0.3) is 15.9 Å². The van der Waals surface area contributed by atoms with E-state index in [1.807, 2.05) is 0 Å². The Labute approximate surface area is 150 Å². The molecule has 0 radical (unpaired) electrons. The van der Waals surface area contributed by atoms with Gasteiger partial charge in [0.1, 0.15) is 0 Å². The molecule has 0 aliphatic carbocycles. The summed E-state index contributed by atoms with van der Waals surface area (Å²) in [6.45, 7) is 1.74. The van der Waals surface area contributed by atoms with Crippen LogP contribution in [0.1, 0.15) is 16.1 Å². The number of nitrogens with zero attached hydrogens (tertiary/aromatic N) is 3. The van der Waals surface area contributed by atoms with Crippen molar-refractivity contribution in [2.45, 2.75) is 11.8 Å². The maximum atomic E-state index is 12.4. The van der Waals surface area contributed by atoms with Gasteiger partial charge in [-0.2, -0.15) is 0 Å². The lowest BCUT2D eigenvalue weighted by Crippen LogP contribution is -2.16. The molecule has 2 heterocycles. The lowest BCUT2D eigenvalue weighted by Gasteiger charge is -2.08. The van der Waals surface area contributed by atoms with Gasteiger partial charge in [-0.25, -0.2) is 23.1 Å². The molecule has 0 aliphatic rings. The number of carbonyl (C=O) groups excluding carboxylic acids is 1. The topological polar surface area (TPSA) is 114 Å². The first kappa shape index (κ1) is 17.5. The van der Waals surface area contributed by atoms with Crippen LogP contribution in [0.25, 0.3) is 0 Å². The molecule has 26 heavy (non-hydrogen) atoms. The molecule has 9 heteroatoms. The highest BCUT2D eigenvalue weighted by atomic mass is 32.2. The van der Waals surface area contributed by atoms with Crippen molar-refractivity contribution < 1.29 is 13.2 Å². The zero-order valence-electron chi connectivity index (χ0n) is 13.7. The zero-order chi connectivity index (χ0) is 18.6. The van der Waals surface area contributed by atoms with Crippen LogP contribution in [0.2, 0.25) is 0 Å². The molecule has 2 N–H and O–H groups in total. The minimum absolute atomic E-state index is 0.000966. The van der Waals surface area contributed by atoms with Crippen LogP contribution in [0.15, 0.2) is 66.0 Å². The van der Waals surface area contributed by atoms with E-state index in [1.165, 1.54) is 36.7 Å². The summed E-state index contributed by atoms with van der Waals surface area (Å²) in [7, 11) is -3.83. The van der Waals surface area contributed by atoms with Gasteiger partial charge in [0.2, 0.25) is 5.95 Å². The number of sulfonamides is 1. The van der Waals surface area contributed by atoms with Crippen molar-refractivity contribution in [3.05, 3.63) is 72.3 Å². The highest BCUT2D eigenvalue weighted by molar-refractivity contribution is 7.92. The van der Waals surface area contributed by atoms with E-state index in [9.17, 15) is 13.2 Å². The Morgan fingerprint density at radius 2 is 1.81 bits per heavy atom. The third kappa shape index (κ3) is 4.19. The number of carbonyl (C=O) groups is 1. The average Bonchev–Trinajstić information content (AvgIpc) is 2.62. The smallest absolute Gasteiger partial charge is 0.264 e. The van der Waals surface area contributed by atoms with E-state index in [-0.39, 0.29) is 16.8 Å². The second-order valence-corrected chi connectivity index (χ2v) is 7.03. The van der Waals surface area contributed by atoms with Gasteiger partial charge >= 0.3 is 0 Å². The third-order valence-corrected chi connectivity index (χ3v) is 4.71. The predicted octanol–water partition coefficient (Wildman–Crippen LogP) is 2.23. The second kappa shape index (κ2) is 7.28. The van der Waals surface area contributed by atoms with Gasteiger partial charge < -0.3 is 5.32 Å². The Balaban J connectivity index is 1.73. The van der Waals surface area contributed by atoms with E-state index < -0.39 is 10.0 Å². The lowest BCUT2D eigenvalue weighted by atomic mass is 10.2. The fourth-order valence-electron chi connectivity index (χ4n) is 2.09. The zero-order valence-corrected chi connectivity index (χ0v) is 14.6. The maximum Gasteiger partial charge on any atom is 0.264 e. The number of benzene rings is 1. The molecule has 0 saturated heterocycles. The van der Waals surface area contributed by atoms with Gasteiger partial charge in [0.05, 0.1) is 10.5 Å². The van der Waals surface area contributed by atoms with E-state index in [0.717, 1.165) is 0 Å². The molecular formula is C17H15N5O3S. The maximum absolute atomic E-state index is 12.4. The molecule has 0 aliphatic heterocycles. The van der Waals surface area contributed by atoms with E-state index in [4.69, 9.17) is 0 Å². The largest absolute Gasteiger partial charge is 0.322 e. The molecular weight excluding hydrogens is 354 g/mol. The first-order valence-corrected chi connectivity index (χ1v) is 9.06. The molecule has 0 bridgehead atoms. The Morgan fingerprint density at radius 3 is 2.46 bits per heavy atom. The Morgan fingerprint density at radius 1 is 1.04 bits per heavy atom. The Bertz CT molecular complexity index is 1020. The van der Waals surface area contributed by atoms with Crippen LogP contribution >= 0.6 is 0 Å². The summed E-state index contributed by atoms with van der Waals surface area (Å²) >= 11 is 0. The fraction of sp³-hybridized carbons (Fsp3) is 0.0588. The van der Waals surface area contributed by atoms with Crippen LogP contribution in [0.4, 0.5) is 11.6 Å². The van der Waals surface area contributed by atoms with Gasteiger partial charge in [0, 0.05) is 30.0 Å². The second-order valence-electron chi connectivity index (χ2n) is 5.35. The van der Waals surface area contributed by atoms with Crippen LogP contribution in [0.3, 0.4) is 0 Å². The molecule has 2 aromatic heterocycles. The summed E-state index contributed by atoms with van der Waals surface area (Å²) < 4.78 is 27.1. The number of aromatic nitrogens is 3. The predicted molar refractivity (Wildman–Crippen MR) is 96.2 cm³/mol. The molecule has 3 rings (SSSR count). The lowest BCUT2D eigenvalue weighted by molar-refractivity contribution is 0.102. The van der Waals surface area contributed by atoms with E-state index in [0.29, 0.717) is 16.9 Å². The van der Waals surface area contributed by atoms with Gasteiger partial charge in [-0.3, -0.25) is 9.78 Å². The summed E-state index contributed by atoms with van der Waals surface area (Å²) in [6.07, 6.45) is 4.48. The van der Waals surface area contributed by atoms with Crippen molar-refractivity contribution in [3.63, 3.8) is 0 Å². The molecule has 8 nitrogen and oxygen atoms in total. The number of nitrogens with one attached hydrogen (secondary N) is 2. The number of anilines is 2. The van der Waals surface area contributed by atoms with Crippen LogP contribution in [0.5, 0.6) is 0 Å². The SMILES string of the molecule is Cc1ccnc(NS(=O)(=O)c2ccc(NC(=O)c3cccnc3)cc2)n1. The van der Waals surface area contributed by atoms with Gasteiger partial charge in [-0.05, 0) is 49.4 Å². The molecule has 3 aromatic rings. The summed E-state index contributed by atoms with van der Waals surface area (Å²) in [4.78, 5) is 23.9. The molecule has 0 saturated carbocycles. The summed E-state index contributed by atoms with van der Waals surface area (Å²) in [6, 6.07) is 10.7. The van der Waals surface area contributed by atoms with Crippen LogP contribution in [-0.4, -0.2) is 29.3 Å². The Kier molecular flexibility index (Phi) is 4.90. The minimum Gasteiger partial charge on any atom is -0.322 e. The van der Waals surface area contributed by atoms with E-state index >= 15 is 0 Å². The number of pyridine rings is 1. The van der Waals surface area contributed by atoms with E-state index in [1.54, 1.807) is 31.3 Å². The van der Waals surface area contributed by atoms with Gasteiger partial charge in [-0.15, -0.1) is 0 Å². The first-order valence-electron chi connectivity index (χ1n) is 7.58. The fourth-order valence-corrected chi connectivity index (χ4v) is 3.05. The number of rotatable bonds is 5. The number of hydrogen-bond donors (Lipinski definition) is 2. The molecule has 132 valence electrons. The first-order chi connectivity index (χ1) is 12.4. The van der Waals surface area contributed by atoms with Crippen molar-refractivity contribution in [2.75, 3.05) is 10.0 Å². The van der Waals surface area contributed by atoms with Crippen molar-refractivity contribution in [2.24, 2.45) is 0 Å². The average molecular weight is 369 g/mol. The molecule has 0 unspecified atom stereocenters. The number of hydrogen-bond acceptors (Lipinski definition) is 6. The molecule has 0 atom stereocenters. The van der Waals surface area contributed by atoms with Crippen LogP contribution < -0.4 is 10.0 Å². The van der Waals surface area contributed by atoms with Crippen molar-refractivity contribution >= 4 is 27.6 Å². The van der Waals surface area contributed by atoms with Crippen LogP contribution in [-0.2, 0) is 10.0 Å². The normalized spacial score (nSPS) is 11.0. The van der Waals surface area contributed by atoms with E-state index in [2.05, 4.69) is 25.0 Å². The Hall–Kier alpha value is -3.33.